The van der Waals surface area contributed by atoms with Gasteiger partial charge in [-0.15, -0.1) is 0 Å². The number of aromatic hydroxyl groups is 1. The number of esters is 1. The van der Waals surface area contributed by atoms with Crippen molar-refractivity contribution in [1.29, 1.82) is 0 Å². The molecule has 0 bridgehead atoms. The number of hydrogen-bond donors (Lipinski definition) is 1. The lowest BCUT2D eigenvalue weighted by atomic mass is 9.96. The number of rotatable bonds is 3. The molecule has 1 N–H and O–H groups in total. The van der Waals surface area contributed by atoms with Crippen LogP contribution in [-0.2, 0) is 20.9 Å². The fourth-order valence-corrected chi connectivity index (χ4v) is 2.08. The van der Waals surface area contributed by atoms with Crippen LogP contribution < -0.4 is 0 Å². The van der Waals surface area contributed by atoms with E-state index in [1.807, 2.05) is 6.92 Å². The summed E-state index contributed by atoms with van der Waals surface area (Å²) in [5.74, 6) is 0.00687. The second kappa shape index (κ2) is 5.87. The van der Waals surface area contributed by atoms with E-state index in [1.165, 1.54) is 0 Å². The molecule has 2 unspecified atom stereocenters. The maximum Gasteiger partial charge on any atom is 0.309 e. The highest BCUT2D eigenvalue weighted by Crippen LogP contribution is 2.21. The Morgan fingerprint density at radius 1 is 1.44 bits per heavy atom. The molecule has 98 valence electrons. The Kier molecular flexibility index (Phi) is 4.20. The van der Waals surface area contributed by atoms with Gasteiger partial charge in [0.25, 0.3) is 0 Å². The topological polar surface area (TPSA) is 55.8 Å². The molecule has 0 amide bonds. The SMILES string of the molecule is CC1CC(C(=O)OCc2ccc(O)cc2)CCO1. The Morgan fingerprint density at radius 3 is 2.83 bits per heavy atom. The molecular weight excluding hydrogens is 232 g/mol. The molecule has 1 aromatic carbocycles. The van der Waals surface area contributed by atoms with Crippen molar-refractivity contribution in [3.8, 4) is 5.75 Å². The first-order valence-corrected chi connectivity index (χ1v) is 6.21. The third-order valence-electron chi connectivity index (χ3n) is 3.14. The summed E-state index contributed by atoms with van der Waals surface area (Å²) in [5, 5.41) is 9.15. The van der Waals surface area contributed by atoms with E-state index in [0.29, 0.717) is 6.61 Å². The van der Waals surface area contributed by atoms with Gasteiger partial charge in [-0.25, -0.2) is 0 Å². The number of benzene rings is 1. The predicted octanol–water partition coefficient (Wildman–Crippen LogP) is 2.25. The van der Waals surface area contributed by atoms with Crippen molar-refractivity contribution in [2.75, 3.05) is 6.61 Å². The van der Waals surface area contributed by atoms with E-state index < -0.39 is 0 Å². The van der Waals surface area contributed by atoms with E-state index >= 15 is 0 Å². The van der Waals surface area contributed by atoms with Gasteiger partial charge >= 0.3 is 5.97 Å². The number of carbonyl (C=O) groups is 1. The molecule has 1 aromatic rings. The largest absolute Gasteiger partial charge is 0.508 e. The number of phenolic OH excluding ortho intramolecular Hbond substituents is 1. The van der Waals surface area contributed by atoms with Crippen LogP contribution in [0.4, 0.5) is 0 Å². The Labute approximate surface area is 107 Å². The maximum atomic E-state index is 11.9. The van der Waals surface area contributed by atoms with Gasteiger partial charge in [-0.05, 0) is 37.5 Å². The Morgan fingerprint density at radius 2 is 2.17 bits per heavy atom. The second-order valence-electron chi connectivity index (χ2n) is 4.68. The van der Waals surface area contributed by atoms with Crippen LogP contribution >= 0.6 is 0 Å². The van der Waals surface area contributed by atoms with Crippen molar-refractivity contribution in [2.24, 2.45) is 5.92 Å². The van der Waals surface area contributed by atoms with E-state index in [0.717, 1.165) is 18.4 Å². The summed E-state index contributed by atoms with van der Waals surface area (Å²) in [4.78, 5) is 11.9. The van der Waals surface area contributed by atoms with E-state index in [-0.39, 0.29) is 30.3 Å². The third kappa shape index (κ3) is 3.47. The molecular formula is C14H18O4. The highest BCUT2D eigenvalue weighted by molar-refractivity contribution is 5.72. The van der Waals surface area contributed by atoms with Gasteiger partial charge in [0, 0.05) is 6.61 Å². The third-order valence-corrected chi connectivity index (χ3v) is 3.14. The molecule has 0 saturated carbocycles. The van der Waals surface area contributed by atoms with Crippen LogP contribution in [0.5, 0.6) is 5.75 Å². The van der Waals surface area contributed by atoms with Crippen LogP contribution in [0, 0.1) is 5.92 Å². The molecule has 0 spiro atoms. The van der Waals surface area contributed by atoms with Gasteiger partial charge in [-0.1, -0.05) is 12.1 Å². The smallest absolute Gasteiger partial charge is 0.309 e. The predicted molar refractivity (Wildman–Crippen MR) is 66.0 cm³/mol. The molecule has 2 rings (SSSR count). The minimum Gasteiger partial charge on any atom is -0.508 e. The molecule has 1 heterocycles. The van der Waals surface area contributed by atoms with Crippen molar-refractivity contribution in [1.82, 2.24) is 0 Å². The molecule has 1 aliphatic heterocycles. The van der Waals surface area contributed by atoms with Crippen molar-refractivity contribution in [3.63, 3.8) is 0 Å². The van der Waals surface area contributed by atoms with Crippen molar-refractivity contribution in [3.05, 3.63) is 29.8 Å². The van der Waals surface area contributed by atoms with Crippen molar-refractivity contribution < 1.29 is 19.4 Å². The summed E-state index contributed by atoms with van der Waals surface area (Å²) >= 11 is 0. The first kappa shape index (κ1) is 12.9. The molecule has 18 heavy (non-hydrogen) atoms. The molecule has 0 aliphatic carbocycles. The van der Waals surface area contributed by atoms with Gasteiger partial charge in [-0.3, -0.25) is 4.79 Å². The minimum atomic E-state index is -0.154. The van der Waals surface area contributed by atoms with Crippen molar-refractivity contribution in [2.45, 2.75) is 32.5 Å². The van der Waals surface area contributed by atoms with Gasteiger partial charge in [0.2, 0.25) is 0 Å². The molecule has 2 atom stereocenters. The lowest BCUT2D eigenvalue weighted by Gasteiger charge is -2.25. The fraction of sp³-hybridized carbons (Fsp3) is 0.500. The zero-order valence-electron chi connectivity index (χ0n) is 10.5. The second-order valence-corrected chi connectivity index (χ2v) is 4.68. The minimum absolute atomic E-state index is 0.0501. The lowest BCUT2D eigenvalue weighted by molar-refractivity contribution is -0.154. The normalized spacial score (nSPS) is 23.6. The summed E-state index contributed by atoms with van der Waals surface area (Å²) in [7, 11) is 0. The summed E-state index contributed by atoms with van der Waals surface area (Å²) in [6.07, 6.45) is 1.60. The summed E-state index contributed by atoms with van der Waals surface area (Å²) in [5.41, 5.74) is 0.876. The van der Waals surface area contributed by atoms with Crippen LogP contribution in [0.15, 0.2) is 24.3 Å². The van der Waals surface area contributed by atoms with Crippen LogP contribution in [0.1, 0.15) is 25.3 Å². The zero-order valence-corrected chi connectivity index (χ0v) is 10.5. The van der Waals surface area contributed by atoms with Gasteiger partial charge in [0.05, 0.1) is 12.0 Å². The van der Waals surface area contributed by atoms with Gasteiger partial charge in [0.1, 0.15) is 12.4 Å². The monoisotopic (exact) mass is 250 g/mol. The van der Waals surface area contributed by atoms with E-state index in [2.05, 4.69) is 0 Å². The van der Waals surface area contributed by atoms with Gasteiger partial charge in [-0.2, -0.15) is 0 Å². The van der Waals surface area contributed by atoms with Crippen LogP contribution in [0.2, 0.25) is 0 Å². The highest BCUT2D eigenvalue weighted by Gasteiger charge is 2.26. The number of hydrogen-bond acceptors (Lipinski definition) is 4. The molecule has 4 heteroatoms. The molecule has 0 aromatic heterocycles. The first-order chi connectivity index (χ1) is 8.65. The molecule has 1 fully saturated rings. The average molecular weight is 250 g/mol. The van der Waals surface area contributed by atoms with E-state index in [4.69, 9.17) is 14.6 Å². The maximum absolute atomic E-state index is 11.9. The van der Waals surface area contributed by atoms with Gasteiger partial charge in [0.15, 0.2) is 0 Å². The lowest BCUT2D eigenvalue weighted by Crippen LogP contribution is -2.29. The van der Waals surface area contributed by atoms with Crippen LogP contribution in [-0.4, -0.2) is 23.8 Å². The number of carbonyl (C=O) groups excluding carboxylic acids is 1. The molecule has 0 radical (unpaired) electrons. The molecule has 4 nitrogen and oxygen atoms in total. The van der Waals surface area contributed by atoms with Gasteiger partial charge < -0.3 is 14.6 Å². The first-order valence-electron chi connectivity index (χ1n) is 6.21. The highest BCUT2D eigenvalue weighted by atomic mass is 16.5. The summed E-state index contributed by atoms with van der Waals surface area (Å²) < 4.78 is 10.7. The summed E-state index contributed by atoms with van der Waals surface area (Å²) in [6, 6.07) is 6.66. The molecule has 1 saturated heterocycles. The quantitative estimate of drug-likeness (QED) is 0.836. The number of ether oxygens (including phenoxy) is 2. The van der Waals surface area contributed by atoms with E-state index in [1.54, 1.807) is 24.3 Å². The Hall–Kier alpha value is -1.55. The average Bonchev–Trinajstić information content (AvgIpc) is 2.38. The fourth-order valence-electron chi connectivity index (χ4n) is 2.08. The Bertz CT molecular complexity index is 399. The Balaban J connectivity index is 1.82. The van der Waals surface area contributed by atoms with E-state index in [9.17, 15) is 4.79 Å². The standard InChI is InChI=1S/C14H18O4/c1-10-8-12(6-7-17-10)14(16)18-9-11-2-4-13(15)5-3-11/h2-5,10,12,15H,6-9H2,1H3. The molecule has 1 aliphatic rings. The van der Waals surface area contributed by atoms with Crippen molar-refractivity contribution >= 4 is 5.97 Å². The zero-order chi connectivity index (χ0) is 13.0. The number of phenols is 1. The van der Waals surface area contributed by atoms with Crippen LogP contribution in [0.25, 0.3) is 0 Å². The van der Waals surface area contributed by atoms with Crippen LogP contribution in [0.3, 0.4) is 0 Å². The summed E-state index contributed by atoms with van der Waals surface area (Å²) in [6.45, 7) is 2.85.